The molecule has 0 fully saturated rings. The van der Waals surface area contributed by atoms with Gasteiger partial charge in [-0.15, -0.1) is 0 Å². The maximum absolute atomic E-state index is 5.13. The fourth-order valence-corrected chi connectivity index (χ4v) is 12.5. The Bertz CT molecular complexity index is 1680. The third-order valence-corrected chi connectivity index (χ3v) is 13.9. The Balaban J connectivity index is 1.40. The highest BCUT2D eigenvalue weighted by Crippen LogP contribution is 2.36. The highest BCUT2D eigenvalue weighted by molar-refractivity contribution is 7.16. The molecule has 0 bridgehead atoms. The lowest BCUT2D eigenvalue weighted by atomic mass is 9.93. The van der Waals surface area contributed by atoms with Gasteiger partial charge in [0.2, 0.25) is 0 Å². The molecule has 7 rings (SSSR count). The van der Waals surface area contributed by atoms with Crippen LogP contribution in [0.1, 0.15) is 30.0 Å². The van der Waals surface area contributed by atoms with E-state index < -0.39 is 8.07 Å². The lowest BCUT2D eigenvalue weighted by Gasteiger charge is -2.43. The van der Waals surface area contributed by atoms with Crippen molar-refractivity contribution in [2.24, 2.45) is 10.9 Å². The number of rotatable bonds is 4. The van der Waals surface area contributed by atoms with Crippen LogP contribution in [0.15, 0.2) is 143 Å². The Morgan fingerprint density at radius 3 is 2.20 bits per heavy atom. The van der Waals surface area contributed by atoms with Crippen LogP contribution in [0.25, 0.3) is 5.70 Å². The molecule has 4 aromatic carbocycles. The first-order valence-corrected chi connectivity index (χ1v) is 16.4. The van der Waals surface area contributed by atoms with E-state index in [2.05, 4.69) is 146 Å². The van der Waals surface area contributed by atoms with Crippen LogP contribution in [0.4, 0.5) is 0 Å². The van der Waals surface area contributed by atoms with Crippen molar-refractivity contribution in [3.8, 4) is 0 Å². The highest BCUT2D eigenvalue weighted by atomic mass is 28.3. The lowest BCUT2D eigenvalue weighted by Crippen LogP contribution is -2.71. The second-order valence-electron chi connectivity index (χ2n) is 11.3. The summed E-state index contributed by atoms with van der Waals surface area (Å²) in [7, 11) is -0.317. The second kappa shape index (κ2) is 10.1. The Morgan fingerprint density at radius 2 is 1.43 bits per heavy atom. The number of aliphatic imine (C=N–C) groups is 1. The van der Waals surface area contributed by atoms with Crippen LogP contribution in [0, 0.1) is 5.92 Å². The smallest absolute Gasteiger partial charge is 0.176 e. The lowest BCUT2D eigenvalue weighted by molar-refractivity contribution is 0.559. The molecule has 0 saturated carbocycles. The third kappa shape index (κ3) is 4.04. The number of hydrogen-bond acceptors (Lipinski definition) is 2. The molecule has 40 heavy (non-hydrogen) atoms. The Labute approximate surface area is 238 Å². The summed E-state index contributed by atoms with van der Waals surface area (Å²) in [5.74, 6) is 1.58. The minimum absolute atomic E-state index is 0.548. The molecule has 0 saturated heterocycles. The molecule has 3 heteroatoms. The van der Waals surface area contributed by atoms with Crippen molar-refractivity contribution in [3.63, 3.8) is 0 Å². The summed E-state index contributed by atoms with van der Waals surface area (Å²) < 4.78 is 0. The van der Waals surface area contributed by atoms with Crippen LogP contribution in [0.3, 0.4) is 0 Å². The number of benzene rings is 4. The first kappa shape index (κ1) is 24.8. The zero-order valence-electron chi connectivity index (χ0n) is 23.2. The van der Waals surface area contributed by atoms with Crippen LogP contribution in [-0.4, -0.2) is 32.4 Å². The van der Waals surface area contributed by atoms with E-state index in [4.69, 9.17) is 4.99 Å². The largest absolute Gasteiger partial charge is 0.355 e. The minimum Gasteiger partial charge on any atom is -0.355 e. The Kier molecular flexibility index (Phi) is 6.25. The molecule has 2 unspecified atom stereocenters. The van der Waals surface area contributed by atoms with E-state index in [1.165, 1.54) is 27.1 Å². The van der Waals surface area contributed by atoms with Crippen molar-refractivity contribution < 1.29 is 0 Å². The van der Waals surface area contributed by atoms with Gasteiger partial charge in [-0.25, -0.2) is 4.99 Å². The van der Waals surface area contributed by atoms with Gasteiger partial charge < -0.3 is 4.90 Å². The molecule has 196 valence electrons. The number of fused-ring (bicyclic) bond motifs is 1. The molecule has 2 aliphatic heterocycles. The zero-order chi connectivity index (χ0) is 27.1. The summed E-state index contributed by atoms with van der Waals surface area (Å²) >= 11 is 0. The van der Waals surface area contributed by atoms with Crippen LogP contribution >= 0.6 is 0 Å². The molecule has 0 aromatic heterocycles. The van der Waals surface area contributed by atoms with Gasteiger partial charge in [0.25, 0.3) is 0 Å². The molecule has 1 aliphatic carbocycles. The van der Waals surface area contributed by atoms with E-state index in [1.807, 2.05) is 0 Å². The van der Waals surface area contributed by atoms with Gasteiger partial charge in [0.1, 0.15) is 5.84 Å². The number of likely N-dealkylation sites (N-methyl/N-ethyl adjacent to an activating group) is 1. The molecule has 2 nitrogen and oxygen atoms in total. The maximum Gasteiger partial charge on any atom is 0.176 e. The van der Waals surface area contributed by atoms with E-state index in [9.17, 15) is 0 Å². The highest BCUT2D eigenvalue weighted by Gasteiger charge is 2.48. The topological polar surface area (TPSA) is 15.6 Å². The van der Waals surface area contributed by atoms with Gasteiger partial charge in [-0.3, -0.25) is 0 Å². The summed E-state index contributed by atoms with van der Waals surface area (Å²) in [5.41, 5.74) is 6.39. The fourth-order valence-electron chi connectivity index (χ4n) is 6.88. The van der Waals surface area contributed by atoms with Gasteiger partial charge in [-0.05, 0) is 57.1 Å². The monoisotopic (exact) mass is 534 g/mol. The summed E-state index contributed by atoms with van der Waals surface area (Å²) in [5, 5.41) is 6.17. The Morgan fingerprint density at radius 1 is 0.750 bits per heavy atom. The fraction of sp³-hybridized carbons (Fsp3) is 0.162. The van der Waals surface area contributed by atoms with Gasteiger partial charge in [0.05, 0.1) is 5.70 Å². The summed E-state index contributed by atoms with van der Waals surface area (Å²) in [4.78, 5) is 7.38. The summed E-state index contributed by atoms with van der Waals surface area (Å²) in [6.07, 6.45) is 9.22. The maximum atomic E-state index is 5.13. The number of allylic oxidation sites excluding steroid dienone is 4. The van der Waals surface area contributed by atoms with Gasteiger partial charge in [-0.2, -0.15) is 0 Å². The van der Waals surface area contributed by atoms with Gasteiger partial charge >= 0.3 is 0 Å². The van der Waals surface area contributed by atoms with E-state index in [0.29, 0.717) is 5.92 Å². The molecular weight excluding hydrogens is 501 g/mol. The van der Waals surface area contributed by atoms with Crippen molar-refractivity contribution >= 4 is 35.2 Å². The van der Waals surface area contributed by atoms with Crippen molar-refractivity contribution in [1.82, 2.24) is 4.90 Å². The molecule has 0 amide bonds. The summed E-state index contributed by atoms with van der Waals surface area (Å²) in [6.45, 7) is 3.21. The van der Waals surface area contributed by atoms with Crippen molar-refractivity contribution in [3.05, 3.63) is 155 Å². The standard InChI is InChI=1S/C37H34N2Si/c1-27-17-18-31-26-30-13-9-10-16-35(30)40(36(31)25-27,32-14-7-4-8-15-32)33-21-19-29(20-22-33)37-38-34(23-24-39(37)2)28-11-5-3-6-12-28/h3-23,27H,24-26H2,1-2H3. The molecule has 2 heterocycles. The normalized spacial score (nSPS) is 21.9. The first-order valence-electron chi connectivity index (χ1n) is 14.4. The van der Waals surface area contributed by atoms with Gasteiger partial charge in [0.15, 0.2) is 8.07 Å². The predicted octanol–water partition coefficient (Wildman–Crippen LogP) is 5.88. The second-order valence-corrected chi connectivity index (χ2v) is 15.1. The Hall–Kier alpha value is -4.21. The molecule has 4 aromatic rings. The molecule has 3 aliphatic rings. The molecule has 0 radical (unpaired) electrons. The number of hydrogen-bond donors (Lipinski definition) is 0. The van der Waals surface area contributed by atoms with Crippen LogP contribution < -0.4 is 15.6 Å². The van der Waals surface area contributed by atoms with E-state index >= 15 is 0 Å². The van der Waals surface area contributed by atoms with E-state index in [0.717, 1.165) is 36.5 Å². The van der Waals surface area contributed by atoms with Gasteiger partial charge in [-0.1, -0.05) is 133 Å². The molecule has 2 atom stereocenters. The summed E-state index contributed by atoms with van der Waals surface area (Å²) in [6, 6.07) is 40.6. The minimum atomic E-state index is -2.45. The van der Waals surface area contributed by atoms with E-state index in [-0.39, 0.29) is 0 Å². The van der Waals surface area contributed by atoms with E-state index in [1.54, 1.807) is 10.4 Å². The predicted molar refractivity (Wildman–Crippen MR) is 171 cm³/mol. The SMILES string of the molecule is CC1C=CC2=C(C1)[Si](c1ccccc1)(c1ccc(C3=NC(c4ccccc4)=CCN3C)cc1)c1ccccc1C2. The van der Waals surface area contributed by atoms with Crippen molar-refractivity contribution in [2.45, 2.75) is 19.8 Å². The molecular formula is C37H34N2Si. The van der Waals surface area contributed by atoms with Crippen LogP contribution in [0.2, 0.25) is 0 Å². The quantitative estimate of drug-likeness (QED) is 0.299. The average Bonchev–Trinajstić information content (AvgIpc) is 3.01. The number of nitrogens with zero attached hydrogens (tertiary/aromatic N) is 2. The van der Waals surface area contributed by atoms with Crippen LogP contribution in [-0.2, 0) is 6.42 Å². The third-order valence-electron chi connectivity index (χ3n) is 8.79. The number of amidine groups is 1. The first-order chi connectivity index (χ1) is 19.6. The van der Waals surface area contributed by atoms with Crippen LogP contribution in [0.5, 0.6) is 0 Å². The molecule has 0 spiro atoms. The van der Waals surface area contributed by atoms with Gasteiger partial charge in [0, 0.05) is 19.2 Å². The average molecular weight is 535 g/mol. The van der Waals surface area contributed by atoms with Crippen molar-refractivity contribution in [1.29, 1.82) is 0 Å². The molecule has 0 N–H and O–H groups in total. The zero-order valence-corrected chi connectivity index (χ0v) is 24.2. The van der Waals surface area contributed by atoms with Crippen molar-refractivity contribution in [2.75, 3.05) is 13.6 Å².